The van der Waals surface area contributed by atoms with Gasteiger partial charge in [0.25, 0.3) is 0 Å². The van der Waals surface area contributed by atoms with Gasteiger partial charge in [-0.25, -0.2) is 8.42 Å². The second-order valence-corrected chi connectivity index (χ2v) is 9.06. The number of aryl methyl sites for hydroxylation is 1. The number of methoxy groups -OCH3 is 3. The second-order valence-electron chi connectivity index (χ2n) is 6.93. The minimum Gasteiger partial charge on any atom is -0.496 e. The van der Waals surface area contributed by atoms with E-state index >= 15 is 0 Å². The first kappa shape index (κ1) is 21.1. The summed E-state index contributed by atoms with van der Waals surface area (Å²) in [7, 11) is 0.965. The Bertz CT molecular complexity index is 870. The molecule has 27 heavy (non-hydrogen) atoms. The van der Waals surface area contributed by atoms with Crippen LogP contribution in [0.3, 0.4) is 0 Å². The zero-order valence-electron chi connectivity index (χ0n) is 16.8. The molecule has 148 valence electrons. The summed E-state index contributed by atoms with van der Waals surface area (Å²) < 4.78 is 43.2. The highest BCUT2D eigenvalue weighted by Gasteiger charge is 2.33. The largest absolute Gasteiger partial charge is 0.496 e. The Balaban J connectivity index is 2.68. The lowest BCUT2D eigenvalue weighted by Crippen LogP contribution is -2.17. The molecule has 0 aliphatic carbocycles. The van der Waals surface area contributed by atoms with Crippen molar-refractivity contribution in [1.82, 2.24) is 0 Å². The van der Waals surface area contributed by atoms with Crippen molar-refractivity contribution in [2.24, 2.45) is 5.92 Å². The zero-order valence-corrected chi connectivity index (χ0v) is 17.6. The van der Waals surface area contributed by atoms with Crippen LogP contribution in [0, 0.1) is 12.8 Å². The average molecular weight is 393 g/mol. The molecule has 6 heteroatoms. The molecule has 0 amide bonds. The summed E-state index contributed by atoms with van der Waals surface area (Å²) in [6, 6.07) is 10.3. The maximum absolute atomic E-state index is 13.5. The van der Waals surface area contributed by atoms with Crippen molar-refractivity contribution in [3.8, 4) is 17.2 Å². The van der Waals surface area contributed by atoms with Gasteiger partial charge in [-0.3, -0.25) is 0 Å². The third-order valence-corrected chi connectivity index (χ3v) is 6.62. The predicted molar refractivity (Wildman–Crippen MR) is 107 cm³/mol. The van der Waals surface area contributed by atoms with Crippen LogP contribution in [-0.2, 0) is 9.84 Å². The van der Waals surface area contributed by atoms with E-state index in [1.807, 2.05) is 32.9 Å². The Morgan fingerprint density at radius 3 is 1.85 bits per heavy atom. The van der Waals surface area contributed by atoms with Crippen LogP contribution in [0.15, 0.2) is 41.3 Å². The first-order valence-corrected chi connectivity index (χ1v) is 10.4. The highest BCUT2D eigenvalue weighted by molar-refractivity contribution is 7.91. The van der Waals surface area contributed by atoms with E-state index in [1.165, 1.54) is 21.3 Å². The minimum atomic E-state index is -3.62. The molecular formula is C21H28O5S. The zero-order chi connectivity index (χ0) is 20.2. The van der Waals surface area contributed by atoms with Gasteiger partial charge < -0.3 is 14.2 Å². The predicted octanol–water partition coefficient (Wildman–Crippen LogP) is 4.58. The normalized spacial score (nSPS) is 12.7. The van der Waals surface area contributed by atoms with Crippen molar-refractivity contribution in [1.29, 1.82) is 0 Å². The molecule has 0 N–H and O–H groups in total. The third-order valence-electron chi connectivity index (χ3n) is 4.49. The number of benzene rings is 2. The number of rotatable bonds is 8. The summed E-state index contributed by atoms with van der Waals surface area (Å²) in [6.45, 7) is 5.94. The number of sulfone groups is 1. The van der Waals surface area contributed by atoms with E-state index in [0.717, 1.165) is 5.56 Å². The first-order chi connectivity index (χ1) is 12.7. The number of hydrogen-bond acceptors (Lipinski definition) is 5. The van der Waals surface area contributed by atoms with E-state index in [4.69, 9.17) is 14.2 Å². The van der Waals surface area contributed by atoms with Crippen LogP contribution in [0.4, 0.5) is 0 Å². The van der Waals surface area contributed by atoms with E-state index in [2.05, 4.69) is 0 Å². The lowest BCUT2D eigenvalue weighted by Gasteiger charge is -2.23. The van der Waals surface area contributed by atoms with Crippen molar-refractivity contribution < 1.29 is 22.6 Å². The average Bonchev–Trinajstić information content (AvgIpc) is 2.65. The molecular weight excluding hydrogens is 364 g/mol. The van der Waals surface area contributed by atoms with Gasteiger partial charge in [0, 0.05) is 11.6 Å². The SMILES string of the molecule is COc1cc(OC)c(C(CC(C)C)S(=O)(=O)c2ccc(C)cc2)cc1OC. The van der Waals surface area contributed by atoms with Gasteiger partial charge in [0.05, 0.1) is 31.5 Å². The molecule has 0 aromatic heterocycles. The van der Waals surface area contributed by atoms with Gasteiger partial charge in [-0.05, 0) is 37.5 Å². The Hall–Kier alpha value is -2.21. The van der Waals surface area contributed by atoms with Crippen LogP contribution >= 0.6 is 0 Å². The minimum absolute atomic E-state index is 0.174. The van der Waals surface area contributed by atoms with Crippen LogP contribution in [0.25, 0.3) is 0 Å². The molecule has 0 aliphatic rings. The molecule has 0 heterocycles. The van der Waals surface area contributed by atoms with Gasteiger partial charge in [-0.2, -0.15) is 0 Å². The quantitative estimate of drug-likeness (QED) is 0.658. The van der Waals surface area contributed by atoms with Crippen LogP contribution in [-0.4, -0.2) is 29.7 Å². The molecule has 0 radical (unpaired) electrons. The van der Waals surface area contributed by atoms with Gasteiger partial charge in [0.15, 0.2) is 21.3 Å². The fourth-order valence-corrected chi connectivity index (χ4v) is 5.05. The van der Waals surface area contributed by atoms with Gasteiger partial charge in [-0.1, -0.05) is 31.5 Å². The molecule has 5 nitrogen and oxygen atoms in total. The van der Waals surface area contributed by atoms with E-state index in [-0.39, 0.29) is 5.92 Å². The smallest absolute Gasteiger partial charge is 0.185 e. The lowest BCUT2D eigenvalue weighted by molar-refractivity contribution is 0.346. The monoisotopic (exact) mass is 392 g/mol. The summed E-state index contributed by atoms with van der Waals surface area (Å²) in [4.78, 5) is 0.301. The van der Waals surface area contributed by atoms with E-state index in [9.17, 15) is 8.42 Å². The molecule has 0 bridgehead atoms. The van der Waals surface area contributed by atoms with Gasteiger partial charge in [0.1, 0.15) is 5.75 Å². The van der Waals surface area contributed by atoms with Crippen molar-refractivity contribution in [3.63, 3.8) is 0 Å². The molecule has 2 aromatic carbocycles. The molecule has 2 rings (SSSR count). The molecule has 0 fully saturated rings. The van der Waals surface area contributed by atoms with Crippen molar-refractivity contribution in [3.05, 3.63) is 47.5 Å². The summed E-state index contributed by atoms with van der Waals surface area (Å²) in [5.74, 6) is 1.61. The molecule has 0 spiro atoms. The Morgan fingerprint density at radius 1 is 0.852 bits per heavy atom. The maximum atomic E-state index is 13.5. The Labute approximate surface area is 162 Å². The molecule has 0 saturated heterocycles. The Morgan fingerprint density at radius 2 is 1.37 bits per heavy atom. The lowest BCUT2D eigenvalue weighted by atomic mass is 10.0. The van der Waals surface area contributed by atoms with E-state index in [1.54, 1.807) is 24.3 Å². The number of hydrogen-bond donors (Lipinski definition) is 0. The summed E-state index contributed by atoms with van der Waals surface area (Å²) >= 11 is 0. The number of ether oxygens (including phenoxy) is 3. The first-order valence-electron chi connectivity index (χ1n) is 8.85. The van der Waals surface area contributed by atoms with Gasteiger partial charge in [0.2, 0.25) is 0 Å². The van der Waals surface area contributed by atoms with Crippen molar-refractivity contribution in [2.45, 2.75) is 37.3 Å². The second kappa shape index (κ2) is 8.65. The van der Waals surface area contributed by atoms with Crippen LogP contribution in [0.5, 0.6) is 17.2 Å². The molecule has 2 aromatic rings. The summed E-state index contributed by atoms with van der Waals surface area (Å²) in [5, 5.41) is -0.755. The highest BCUT2D eigenvalue weighted by Crippen LogP contribution is 2.43. The Kier molecular flexibility index (Phi) is 6.76. The van der Waals surface area contributed by atoms with E-state index in [0.29, 0.717) is 34.1 Å². The van der Waals surface area contributed by atoms with Crippen LogP contribution < -0.4 is 14.2 Å². The van der Waals surface area contributed by atoms with Crippen molar-refractivity contribution in [2.75, 3.05) is 21.3 Å². The van der Waals surface area contributed by atoms with Crippen molar-refractivity contribution >= 4 is 9.84 Å². The summed E-state index contributed by atoms with van der Waals surface area (Å²) in [5.41, 5.74) is 1.59. The standard InChI is InChI=1S/C21H28O5S/c1-14(2)11-21(27(22,23)16-9-7-15(3)8-10-16)17-12-19(25-5)20(26-6)13-18(17)24-4/h7-10,12-14,21H,11H2,1-6H3. The van der Waals surface area contributed by atoms with Gasteiger partial charge in [-0.15, -0.1) is 0 Å². The molecule has 0 aliphatic heterocycles. The fourth-order valence-electron chi connectivity index (χ4n) is 3.05. The van der Waals surface area contributed by atoms with Gasteiger partial charge >= 0.3 is 0 Å². The van der Waals surface area contributed by atoms with Crippen LogP contribution in [0.1, 0.15) is 36.6 Å². The maximum Gasteiger partial charge on any atom is 0.185 e. The van der Waals surface area contributed by atoms with Crippen LogP contribution in [0.2, 0.25) is 0 Å². The van der Waals surface area contributed by atoms with E-state index < -0.39 is 15.1 Å². The fraction of sp³-hybridized carbons (Fsp3) is 0.429. The molecule has 1 atom stereocenters. The third kappa shape index (κ3) is 4.56. The molecule has 1 unspecified atom stereocenters. The summed E-state index contributed by atoms with van der Waals surface area (Å²) in [6.07, 6.45) is 0.460. The topological polar surface area (TPSA) is 61.8 Å². The molecule has 0 saturated carbocycles. The highest BCUT2D eigenvalue weighted by atomic mass is 32.2.